The number of hydrogen-bond acceptors (Lipinski definition) is 4. The minimum Gasteiger partial charge on any atom is -0.387 e. The number of amides is 1. The fourth-order valence-electron chi connectivity index (χ4n) is 2.38. The average Bonchev–Trinajstić information content (AvgIpc) is 2.60. The Morgan fingerprint density at radius 2 is 1.96 bits per heavy atom. The van der Waals surface area contributed by atoms with Crippen molar-refractivity contribution in [3.63, 3.8) is 0 Å². The smallest absolute Gasteiger partial charge is 0.261 e. The van der Waals surface area contributed by atoms with Crippen LogP contribution in [0.2, 0.25) is 0 Å². The van der Waals surface area contributed by atoms with E-state index in [4.69, 9.17) is 5.11 Å². The summed E-state index contributed by atoms with van der Waals surface area (Å²) >= 11 is 0. The number of carbonyl (C=O) groups excluding carboxylic acids is 1. The highest BCUT2D eigenvalue weighted by molar-refractivity contribution is 5.93. The zero-order chi connectivity index (χ0) is 18.0. The lowest BCUT2D eigenvalue weighted by molar-refractivity contribution is -0.118. The topological polar surface area (TPSA) is 84.2 Å². The van der Waals surface area contributed by atoms with Crippen molar-refractivity contribution in [2.45, 2.75) is 6.54 Å². The molecule has 3 rings (SSSR count). The van der Waals surface area contributed by atoms with Crippen LogP contribution in [-0.4, -0.2) is 27.2 Å². The Bertz CT molecular complexity index is 1020. The molecule has 6 nitrogen and oxygen atoms in total. The van der Waals surface area contributed by atoms with E-state index < -0.39 is 24.1 Å². The van der Waals surface area contributed by atoms with E-state index in [2.05, 4.69) is 10.3 Å². The van der Waals surface area contributed by atoms with Crippen molar-refractivity contribution in [2.75, 3.05) is 11.9 Å². The quantitative estimate of drug-likeness (QED) is 0.753. The molecule has 1 amide bonds. The van der Waals surface area contributed by atoms with Crippen molar-refractivity contribution >= 4 is 22.5 Å². The lowest BCUT2D eigenvalue weighted by Gasteiger charge is -2.08. The molecule has 0 aliphatic carbocycles. The molecule has 0 aliphatic rings. The van der Waals surface area contributed by atoms with E-state index in [0.29, 0.717) is 22.2 Å². The standard InChI is InChI=1S/C17H13F2N3O3/c18-13-4-1-10(5-14(13)19)7-22-9-20-15-6-11(21-16(24)8-23)2-3-12(15)17(22)25/h1-6,9,23H,7-8H2,(H,21,24). The second-order valence-corrected chi connectivity index (χ2v) is 5.36. The molecule has 0 unspecified atom stereocenters. The molecule has 128 valence electrons. The van der Waals surface area contributed by atoms with Crippen LogP contribution in [0.1, 0.15) is 5.56 Å². The number of rotatable bonds is 4. The van der Waals surface area contributed by atoms with Gasteiger partial charge in [-0.25, -0.2) is 13.8 Å². The van der Waals surface area contributed by atoms with E-state index in [-0.39, 0.29) is 12.1 Å². The zero-order valence-electron chi connectivity index (χ0n) is 12.9. The number of aliphatic hydroxyl groups is 1. The van der Waals surface area contributed by atoms with Gasteiger partial charge in [0, 0.05) is 5.69 Å². The molecular weight excluding hydrogens is 332 g/mol. The van der Waals surface area contributed by atoms with Gasteiger partial charge in [-0.05, 0) is 35.9 Å². The van der Waals surface area contributed by atoms with Crippen molar-refractivity contribution in [2.24, 2.45) is 0 Å². The summed E-state index contributed by atoms with van der Waals surface area (Å²) < 4.78 is 27.5. The molecule has 0 saturated carbocycles. The third-order valence-corrected chi connectivity index (χ3v) is 3.59. The molecule has 3 aromatic rings. The number of anilines is 1. The molecule has 2 N–H and O–H groups in total. The van der Waals surface area contributed by atoms with Gasteiger partial charge < -0.3 is 10.4 Å². The fourth-order valence-corrected chi connectivity index (χ4v) is 2.38. The normalized spacial score (nSPS) is 10.8. The van der Waals surface area contributed by atoms with Gasteiger partial charge >= 0.3 is 0 Å². The molecule has 0 fully saturated rings. The third-order valence-electron chi connectivity index (χ3n) is 3.59. The first-order valence-electron chi connectivity index (χ1n) is 7.32. The molecule has 25 heavy (non-hydrogen) atoms. The zero-order valence-corrected chi connectivity index (χ0v) is 12.9. The number of hydrogen-bond donors (Lipinski definition) is 2. The van der Waals surface area contributed by atoms with E-state index in [1.807, 2.05) is 0 Å². The van der Waals surface area contributed by atoms with Gasteiger partial charge in [0.15, 0.2) is 11.6 Å². The average molecular weight is 345 g/mol. The van der Waals surface area contributed by atoms with Crippen LogP contribution >= 0.6 is 0 Å². The molecule has 1 heterocycles. The van der Waals surface area contributed by atoms with Gasteiger partial charge in [0.05, 0.1) is 23.8 Å². The number of benzene rings is 2. The van der Waals surface area contributed by atoms with E-state index >= 15 is 0 Å². The Labute approximate surface area is 140 Å². The van der Waals surface area contributed by atoms with Crippen molar-refractivity contribution in [1.82, 2.24) is 9.55 Å². The number of carbonyl (C=O) groups is 1. The Balaban J connectivity index is 1.94. The monoisotopic (exact) mass is 345 g/mol. The lowest BCUT2D eigenvalue weighted by Crippen LogP contribution is -2.21. The van der Waals surface area contributed by atoms with Gasteiger partial charge in [-0.1, -0.05) is 6.07 Å². The van der Waals surface area contributed by atoms with E-state index in [1.54, 1.807) is 0 Å². The number of fused-ring (bicyclic) bond motifs is 1. The summed E-state index contributed by atoms with van der Waals surface area (Å²) in [6, 6.07) is 7.94. The summed E-state index contributed by atoms with van der Waals surface area (Å²) in [6.45, 7) is -0.608. The molecule has 0 bridgehead atoms. The number of aliphatic hydroxyl groups excluding tert-OH is 1. The maximum Gasteiger partial charge on any atom is 0.261 e. The molecule has 0 spiro atoms. The third kappa shape index (κ3) is 3.53. The summed E-state index contributed by atoms with van der Waals surface area (Å²) in [5.41, 5.74) is 0.836. The maximum absolute atomic E-state index is 13.3. The van der Waals surface area contributed by atoms with Gasteiger partial charge in [0.2, 0.25) is 5.91 Å². The number of aromatic nitrogens is 2. The highest BCUT2D eigenvalue weighted by atomic mass is 19.2. The first-order valence-corrected chi connectivity index (χ1v) is 7.32. The molecule has 2 aromatic carbocycles. The molecular formula is C17H13F2N3O3. The largest absolute Gasteiger partial charge is 0.387 e. The lowest BCUT2D eigenvalue weighted by atomic mass is 10.2. The molecule has 0 atom stereocenters. The highest BCUT2D eigenvalue weighted by Crippen LogP contribution is 2.15. The van der Waals surface area contributed by atoms with Crippen LogP contribution in [0.15, 0.2) is 47.5 Å². The summed E-state index contributed by atoms with van der Waals surface area (Å²) in [5.74, 6) is -2.51. The Kier molecular flexibility index (Phi) is 4.53. The van der Waals surface area contributed by atoms with Crippen LogP contribution in [0.3, 0.4) is 0 Å². The van der Waals surface area contributed by atoms with Gasteiger partial charge in [0.1, 0.15) is 6.61 Å². The van der Waals surface area contributed by atoms with Crippen LogP contribution in [-0.2, 0) is 11.3 Å². The van der Waals surface area contributed by atoms with Crippen LogP contribution in [0.25, 0.3) is 10.9 Å². The Hall–Kier alpha value is -3.13. The van der Waals surface area contributed by atoms with E-state index in [9.17, 15) is 18.4 Å². The molecule has 0 radical (unpaired) electrons. The first-order chi connectivity index (χ1) is 12.0. The SMILES string of the molecule is O=C(CO)Nc1ccc2c(=O)n(Cc3ccc(F)c(F)c3)cnc2c1. The minimum absolute atomic E-state index is 0.0436. The Morgan fingerprint density at radius 1 is 1.16 bits per heavy atom. The summed E-state index contributed by atoms with van der Waals surface area (Å²) in [5, 5.41) is 11.5. The molecule has 0 saturated heterocycles. The van der Waals surface area contributed by atoms with Gasteiger partial charge in [-0.2, -0.15) is 0 Å². The summed E-state index contributed by atoms with van der Waals surface area (Å²) in [4.78, 5) is 27.8. The van der Waals surface area contributed by atoms with Gasteiger partial charge in [-0.15, -0.1) is 0 Å². The molecule has 8 heteroatoms. The number of nitrogens with zero attached hydrogens (tertiary/aromatic N) is 2. The van der Waals surface area contributed by atoms with Crippen LogP contribution in [0.4, 0.5) is 14.5 Å². The second kappa shape index (κ2) is 6.78. The maximum atomic E-state index is 13.3. The molecule has 0 aliphatic heterocycles. The van der Waals surface area contributed by atoms with Crippen molar-refractivity contribution < 1.29 is 18.7 Å². The van der Waals surface area contributed by atoms with Gasteiger partial charge in [0.25, 0.3) is 5.56 Å². The predicted octanol–water partition coefficient (Wildman–Crippen LogP) is 1.65. The summed E-state index contributed by atoms with van der Waals surface area (Å²) in [6.07, 6.45) is 1.30. The van der Waals surface area contributed by atoms with Gasteiger partial charge in [-0.3, -0.25) is 14.2 Å². The fraction of sp³-hybridized carbons (Fsp3) is 0.118. The first kappa shape index (κ1) is 16.7. The van der Waals surface area contributed by atoms with Crippen LogP contribution in [0.5, 0.6) is 0 Å². The van der Waals surface area contributed by atoms with Crippen LogP contribution in [0, 0.1) is 11.6 Å². The van der Waals surface area contributed by atoms with Crippen LogP contribution < -0.4 is 10.9 Å². The van der Waals surface area contributed by atoms with Crippen molar-refractivity contribution in [3.8, 4) is 0 Å². The molecule has 1 aromatic heterocycles. The van der Waals surface area contributed by atoms with Crippen molar-refractivity contribution in [3.05, 3.63) is 70.3 Å². The highest BCUT2D eigenvalue weighted by Gasteiger charge is 2.09. The van der Waals surface area contributed by atoms with Crippen molar-refractivity contribution in [1.29, 1.82) is 0 Å². The second-order valence-electron chi connectivity index (χ2n) is 5.36. The van der Waals surface area contributed by atoms with E-state index in [0.717, 1.165) is 12.1 Å². The Morgan fingerprint density at radius 3 is 2.68 bits per heavy atom. The van der Waals surface area contributed by atoms with E-state index in [1.165, 1.54) is 35.2 Å². The minimum atomic E-state index is -0.983. The predicted molar refractivity (Wildman–Crippen MR) is 87.2 cm³/mol. The summed E-state index contributed by atoms with van der Waals surface area (Å²) in [7, 11) is 0. The number of nitrogens with one attached hydrogen (secondary N) is 1. The number of halogens is 2.